The fourth-order valence-corrected chi connectivity index (χ4v) is 5.51. The van der Waals surface area contributed by atoms with Crippen LogP contribution in [0, 0.1) is 0 Å². The normalized spacial score (nSPS) is 33.3. The summed E-state index contributed by atoms with van der Waals surface area (Å²) in [6.45, 7) is 2.03. The van der Waals surface area contributed by atoms with Crippen molar-refractivity contribution in [3.63, 3.8) is 0 Å². The minimum atomic E-state index is -2.86. The van der Waals surface area contributed by atoms with E-state index in [0.717, 1.165) is 19.3 Å². The molecule has 1 aromatic heterocycles. The number of rotatable bonds is 2. The third-order valence-electron chi connectivity index (χ3n) is 4.40. The van der Waals surface area contributed by atoms with Gasteiger partial charge < -0.3 is 5.32 Å². The number of fused-ring (bicyclic) bond motifs is 1. The fourth-order valence-electron chi connectivity index (χ4n) is 3.40. The van der Waals surface area contributed by atoms with Crippen LogP contribution in [0.15, 0.2) is 6.20 Å². The van der Waals surface area contributed by atoms with Gasteiger partial charge in [0, 0.05) is 29.9 Å². The highest BCUT2D eigenvalue weighted by atomic mass is 32.2. The summed E-state index contributed by atoms with van der Waals surface area (Å²) >= 11 is 0. The van der Waals surface area contributed by atoms with Gasteiger partial charge in [-0.3, -0.25) is 4.68 Å². The van der Waals surface area contributed by atoms with Gasteiger partial charge in [-0.15, -0.1) is 0 Å². The molecule has 2 aliphatic rings. The lowest BCUT2D eigenvalue weighted by Gasteiger charge is -2.33. The number of hydrogen-bond acceptors (Lipinski definition) is 4. The van der Waals surface area contributed by atoms with Crippen molar-refractivity contribution in [2.45, 2.75) is 44.2 Å². The van der Waals surface area contributed by atoms with Gasteiger partial charge in [0.05, 0.1) is 17.7 Å². The molecular weight excluding hydrogens is 262 g/mol. The summed E-state index contributed by atoms with van der Waals surface area (Å²) in [5, 5.41) is 7.92. The first-order valence-corrected chi connectivity index (χ1v) is 8.70. The Labute approximate surface area is 114 Å². The molecule has 2 unspecified atom stereocenters. The molecule has 19 heavy (non-hydrogen) atoms. The molecule has 1 saturated heterocycles. The molecule has 106 valence electrons. The lowest BCUT2D eigenvalue weighted by Crippen LogP contribution is -2.46. The number of nitrogens with zero attached hydrogens (tertiary/aromatic N) is 2. The smallest absolute Gasteiger partial charge is 0.152 e. The van der Waals surface area contributed by atoms with E-state index in [-0.39, 0.29) is 17.3 Å². The van der Waals surface area contributed by atoms with Gasteiger partial charge in [0.2, 0.25) is 0 Å². The van der Waals surface area contributed by atoms with Crippen molar-refractivity contribution in [2.75, 3.05) is 11.5 Å². The quantitative estimate of drug-likeness (QED) is 0.878. The van der Waals surface area contributed by atoms with Gasteiger partial charge in [0.1, 0.15) is 0 Å². The van der Waals surface area contributed by atoms with E-state index in [1.165, 1.54) is 11.3 Å². The minimum Gasteiger partial charge on any atom is -0.304 e. The first-order chi connectivity index (χ1) is 8.89. The maximum atomic E-state index is 11.7. The summed E-state index contributed by atoms with van der Waals surface area (Å²) in [6, 6.07) is 0.246. The van der Waals surface area contributed by atoms with E-state index >= 15 is 0 Å². The Morgan fingerprint density at radius 3 is 3.00 bits per heavy atom. The van der Waals surface area contributed by atoms with E-state index in [1.54, 1.807) is 0 Å². The zero-order valence-electron chi connectivity index (χ0n) is 11.5. The molecule has 0 radical (unpaired) electrons. The summed E-state index contributed by atoms with van der Waals surface area (Å²) in [6.07, 6.45) is 5.90. The summed E-state index contributed by atoms with van der Waals surface area (Å²) in [7, 11) is -0.885. The highest BCUT2D eigenvalue weighted by molar-refractivity contribution is 7.91. The molecule has 6 heteroatoms. The van der Waals surface area contributed by atoms with Crippen molar-refractivity contribution in [3.05, 3.63) is 17.5 Å². The van der Waals surface area contributed by atoms with E-state index < -0.39 is 9.84 Å². The molecule has 1 aromatic rings. The number of sulfone groups is 1. The monoisotopic (exact) mass is 283 g/mol. The fraction of sp³-hybridized carbons (Fsp3) is 0.769. The Morgan fingerprint density at radius 1 is 1.53 bits per heavy atom. The van der Waals surface area contributed by atoms with Crippen LogP contribution in [0.25, 0.3) is 0 Å². The Hall–Kier alpha value is -0.880. The van der Waals surface area contributed by atoms with Gasteiger partial charge in [-0.25, -0.2) is 8.42 Å². The second-order valence-corrected chi connectivity index (χ2v) is 8.35. The SMILES string of the molecule is Cn1ncc2c1CCCC2NC1(C)CCS(=O)(=O)C1. The van der Waals surface area contributed by atoms with Gasteiger partial charge in [-0.1, -0.05) is 0 Å². The van der Waals surface area contributed by atoms with E-state index in [4.69, 9.17) is 0 Å². The van der Waals surface area contributed by atoms with Crippen molar-refractivity contribution >= 4 is 9.84 Å². The second-order valence-electron chi connectivity index (χ2n) is 6.16. The van der Waals surface area contributed by atoms with Gasteiger partial charge in [-0.05, 0) is 32.6 Å². The summed E-state index contributed by atoms with van der Waals surface area (Å²) in [4.78, 5) is 0. The van der Waals surface area contributed by atoms with Gasteiger partial charge in [0.15, 0.2) is 9.84 Å². The van der Waals surface area contributed by atoms with E-state index in [1.807, 2.05) is 24.9 Å². The Balaban J connectivity index is 1.82. The van der Waals surface area contributed by atoms with E-state index in [2.05, 4.69) is 10.4 Å². The van der Waals surface area contributed by atoms with Crippen LogP contribution < -0.4 is 5.32 Å². The zero-order valence-corrected chi connectivity index (χ0v) is 12.3. The van der Waals surface area contributed by atoms with Crippen LogP contribution in [0.2, 0.25) is 0 Å². The van der Waals surface area contributed by atoms with Gasteiger partial charge in [0.25, 0.3) is 0 Å². The summed E-state index contributed by atoms with van der Waals surface area (Å²) in [5.41, 5.74) is 2.25. The predicted octanol–water partition coefficient (Wildman–Crippen LogP) is 0.964. The van der Waals surface area contributed by atoms with E-state index in [9.17, 15) is 8.42 Å². The summed E-state index contributed by atoms with van der Waals surface area (Å²) < 4.78 is 25.3. The Morgan fingerprint density at radius 2 is 2.32 bits per heavy atom. The zero-order chi connectivity index (χ0) is 13.7. The minimum absolute atomic E-state index is 0.246. The van der Waals surface area contributed by atoms with Crippen LogP contribution in [-0.2, 0) is 23.3 Å². The van der Waals surface area contributed by atoms with Crippen molar-refractivity contribution in [2.24, 2.45) is 7.05 Å². The molecular formula is C13H21N3O2S. The number of hydrogen-bond donors (Lipinski definition) is 1. The van der Waals surface area contributed by atoms with Gasteiger partial charge >= 0.3 is 0 Å². The first-order valence-electron chi connectivity index (χ1n) is 6.87. The highest BCUT2D eigenvalue weighted by Gasteiger charge is 2.40. The Bertz CT molecular complexity index is 593. The topological polar surface area (TPSA) is 64.0 Å². The molecule has 1 aliphatic heterocycles. The molecule has 0 spiro atoms. The molecule has 1 fully saturated rings. The van der Waals surface area contributed by atoms with Crippen LogP contribution in [0.1, 0.15) is 43.5 Å². The number of aromatic nitrogens is 2. The Kier molecular flexibility index (Phi) is 2.98. The summed E-state index contributed by atoms with van der Waals surface area (Å²) in [5.74, 6) is 0.565. The number of aryl methyl sites for hydroxylation is 1. The highest BCUT2D eigenvalue weighted by Crippen LogP contribution is 2.33. The molecule has 2 atom stereocenters. The molecule has 0 aromatic carbocycles. The third kappa shape index (κ3) is 2.43. The van der Waals surface area contributed by atoms with Crippen LogP contribution in [0.5, 0.6) is 0 Å². The first kappa shape index (κ1) is 13.1. The second kappa shape index (κ2) is 4.31. The maximum absolute atomic E-state index is 11.7. The van der Waals surface area contributed by atoms with Crippen molar-refractivity contribution in [3.8, 4) is 0 Å². The maximum Gasteiger partial charge on any atom is 0.152 e. The molecule has 0 saturated carbocycles. The molecule has 5 nitrogen and oxygen atoms in total. The third-order valence-corrected chi connectivity index (χ3v) is 6.30. The van der Waals surface area contributed by atoms with Crippen LogP contribution >= 0.6 is 0 Å². The molecule has 3 rings (SSSR count). The number of nitrogens with one attached hydrogen (secondary N) is 1. The van der Waals surface area contributed by atoms with E-state index in [0.29, 0.717) is 12.2 Å². The standard InChI is InChI=1S/C13H21N3O2S/c1-13(6-7-19(17,18)9-13)15-11-4-3-5-12-10(11)8-14-16(12)2/h8,11,15H,3-7,9H2,1-2H3. The molecule has 2 heterocycles. The van der Waals surface area contributed by atoms with Gasteiger partial charge in [-0.2, -0.15) is 5.10 Å². The molecule has 0 amide bonds. The van der Waals surface area contributed by atoms with Crippen molar-refractivity contribution in [1.29, 1.82) is 0 Å². The largest absolute Gasteiger partial charge is 0.304 e. The lowest BCUT2D eigenvalue weighted by atomic mass is 9.90. The molecule has 0 bridgehead atoms. The van der Waals surface area contributed by atoms with Crippen molar-refractivity contribution in [1.82, 2.24) is 15.1 Å². The predicted molar refractivity (Wildman–Crippen MR) is 73.7 cm³/mol. The lowest BCUT2D eigenvalue weighted by molar-refractivity contribution is 0.318. The average molecular weight is 283 g/mol. The van der Waals surface area contributed by atoms with Crippen LogP contribution in [0.3, 0.4) is 0 Å². The average Bonchev–Trinajstić information content (AvgIpc) is 2.82. The van der Waals surface area contributed by atoms with Crippen molar-refractivity contribution < 1.29 is 8.42 Å². The molecule has 1 N–H and O–H groups in total. The van der Waals surface area contributed by atoms with Crippen LogP contribution in [-0.4, -0.2) is 35.2 Å². The molecule has 1 aliphatic carbocycles. The van der Waals surface area contributed by atoms with Crippen LogP contribution in [0.4, 0.5) is 0 Å².